The molecule has 17 heavy (non-hydrogen) atoms. The van der Waals surface area contributed by atoms with E-state index in [0.717, 1.165) is 19.4 Å². The van der Waals surface area contributed by atoms with Crippen LogP contribution in [0.2, 0.25) is 0 Å². The zero-order chi connectivity index (χ0) is 12.8. The summed E-state index contributed by atoms with van der Waals surface area (Å²) in [6.45, 7) is 7.28. The summed E-state index contributed by atoms with van der Waals surface area (Å²) in [5.41, 5.74) is 0. The molecule has 1 rings (SSSR count). The highest BCUT2D eigenvalue weighted by Gasteiger charge is 2.25. The molecule has 98 valence electrons. The normalized spacial score (nSPS) is 22.9. The summed E-state index contributed by atoms with van der Waals surface area (Å²) in [6.07, 6.45) is 1.74. The predicted molar refractivity (Wildman–Crippen MR) is 66.5 cm³/mol. The second kappa shape index (κ2) is 6.59. The van der Waals surface area contributed by atoms with Crippen LogP contribution in [0.3, 0.4) is 0 Å². The van der Waals surface area contributed by atoms with Gasteiger partial charge in [-0.25, -0.2) is 0 Å². The van der Waals surface area contributed by atoms with Gasteiger partial charge in [-0.15, -0.1) is 0 Å². The zero-order valence-electron chi connectivity index (χ0n) is 10.9. The van der Waals surface area contributed by atoms with Crippen molar-refractivity contribution in [1.82, 2.24) is 16.0 Å². The second-order valence-corrected chi connectivity index (χ2v) is 4.74. The van der Waals surface area contributed by atoms with E-state index >= 15 is 0 Å². The maximum atomic E-state index is 11.8. The van der Waals surface area contributed by atoms with Crippen LogP contribution in [0.4, 0.5) is 0 Å². The van der Waals surface area contributed by atoms with Gasteiger partial charge in [0.1, 0.15) is 6.04 Å². The van der Waals surface area contributed by atoms with Gasteiger partial charge in [0, 0.05) is 12.6 Å². The topological polar surface area (TPSA) is 70.2 Å². The van der Waals surface area contributed by atoms with Gasteiger partial charge in [-0.1, -0.05) is 6.92 Å². The number of carbonyl (C=O) groups excluding carboxylic acids is 2. The molecule has 0 spiro atoms. The van der Waals surface area contributed by atoms with Gasteiger partial charge in [0.05, 0.1) is 5.92 Å². The van der Waals surface area contributed by atoms with E-state index in [0.29, 0.717) is 6.54 Å². The molecule has 0 radical (unpaired) electrons. The van der Waals surface area contributed by atoms with Crippen LogP contribution >= 0.6 is 0 Å². The van der Waals surface area contributed by atoms with E-state index in [-0.39, 0.29) is 23.8 Å². The molecule has 0 aliphatic carbocycles. The Bertz CT molecular complexity index is 275. The smallest absolute Gasteiger partial charge is 0.242 e. The van der Waals surface area contributed by atoms with Crippen LogP contribution in [0.15, 0.2) is 0 Å². The lowest BCUT2D eigenvalue weighted by Crippen LogP contribution is -2.49. The van der Waals surface area contributed by atoms with Crippen LogP contribution in [0.1, 0.15) is 33.6 Å². The molecule has 5 heteroatoms. The lowest BCUT2D eigenvalue weighted by Gasteiger charge is -2.19. The first-order valence-electron chi connectivity index (χ1n) is 6.36. The molecule has 0 saturated carbocycles. The van der Waals surface area contributed by atoms with Crippen LogP contribution in [0.25, 0.3) is 0 Å². The zero-order valence-corrected chi connectivity index (χ0v) is 10.9. The van der Waals surface area contributed by atoms with E-state index in [1.807, 2.05) is 13.8 Å². The van der Waals surface area contributed by atoms with E-state index in [9.17, 15) is 9.59 Å². The van der Waals surface area contributed by atoms with Crippen LogP contribution in [0.5, 0.6) is 0 Å². The SMILES string of the molecule is CCC(C)NC(=O)C(C)NC(=O)C1CCNC1. The van der Waals surface area contributed by atoms with Crippen molar-refractivity contribution in [2.75, 3.05) is 13.1 Å². The Morgan fingerprint density at radius 1 is 1.35 bits per heavy atom. The third-order valence-corrected chi connectivity index (χ3v) is 3.18. The number of amides is 2. The summed E-state index contributed by atoms with van der Waals surface area (Å²) in [4.78, 5) is 23.5. The number of nitrogens with one attached hydrogen (secondary N) is 3. The third kappa shape index (κ3) is 4.34. The summed E-state index contributed by atoms with van der Waals surface area (Å²) < 4.78 is 0. The van der Waals surface area contributed by atoms with Crippen LogP contribution in [-0.4, -0.2) is 37.0 Å². The average molecular weight is 241 g/mol. The minimum Gasteiger partial charge on any atom is -0.352 e. The van der Waals surface area contributed by atoms with E-state index in [1.165, 1.54) is 0 Å². The monoisotopic (exact) mass is 241 g/mol. The van der Waals surface area contributed by atoms with Gasteiger partial charge in [-0.3, -0.25) is 9.59 Å². The Morgan fingerprint density at radius 3 is 2.59 bits per heavy atom. The maximum absolute atomic E-state index is 11.8. The van der Waals surface area contributed by atoms with Crippen molar-refractivity contribution in [3.8, 4) is 0 Å². The van der Waals surface area contributed by atoms with Crippen LogP contribution in [0, 0.1) is 5.92 Å². The van der Waals surface area contributed by atoms with E-state index in [1.54, 1.807) is 6.92 Å². The quantitative estimate of drug-likeness (QED) is 0.635. The molecular formula is C12H23N3O2. The first kappa shape index (κ1) is 14.0. The first-order chi connectivity index (χ1) is 8.04. The summed E-state index contributed by atoms with van der Waals surface area (Å²) in [6, 6.07) is -0.313. The number of carbonyl (C=O) groups is 2. The summed E-state index contributed by atoms with van der Waals surface area (Å²) in [5, 5.41) is 8.75. The van der Waals surface area contributed by atoms with Gasteiger partial charge in [0.2, 0.25) is 11.8 Å². The largest absolute Gasteiger partial charge is 0.352 e. The van der Waals surface area contributed by atoms with Crippen molar-refractivity contribution >= 4 is 11.8 Å². The van der Waals surface area contributed by atoms with E-state index in [4.69, 9.17) is 0 Å². The van der Waals surface area contributed by atoms with Crippen molar-refractivity contribution in [1.29, 1.82) is 0 Å². The number of hydrogen-bond acceptors (Lipinski definition) is 3. The molecule has 1 aliphatic heterocycles. The summed E-state index contributed by atoms with van der Waals surface area (Å²) in [7, 11) is 0. The molecule has 0 aromatic heterocycles. The van der Waals surface area contributed by atoms with Gasteiger partial charge >= 0.3 is 0 Å². The predicted octanol–water partition coefficient (Wildman–Crippen LogP) is 0.0153. The third-order valence-electron chi connectivity index (χ3n) is 3.18. The Balaban J connectivity index is 2.34. The molecule has 0 aromatic rings. The van der Waals surface area contributed by atoms with Gasteiger partial charge in [-0.2, -0.15) is 0 Å². The highest BCUT2D eigenvalue weighted by molar-refractivity contribution is 5.88. The van der Waals surface area contributed by atoms with Crippen molar-refractivity contribution in [2.45, 2.75) is 45.7 Å². The Hall–Kier alpha value is -1.10. The van der Waals surface area contributed by atoms with Crippen molar-refractivity contribution in [2.24, 2.45) is 5.92 Å². The van der Waals surface area contributed by atoms with Crippen molar-refractivity contribution < 1.29 is 9.59 Å². The standard InChI is InChI=1S/C12H23N3O2/c1-4-8(2)14-11(16)9(3)15-12(17)10-5-6-13-7-10/h8-10,13H,4-7H2,1-3H3,(H,14,16)(H,15,17). The van der Waals surface area contributed by atoms with Gasteiger partial charge < -0.3 is 16.0 Å². The fraction of sp³-hybridized carbons (Fsp3) is 0.833. The van der Waals surface area contributed by atoms with Crippen molar-refractivity contribution in [3.05, 3.63) is 0 Å². The Kier molecular flexibility index (Phi) is 5.41. The minimum absolute atomic E-state index is 0.00819. The molecule has 0 bridgehead atoms. The molecule has 1 heterocycles. The molecule has 3 N–H and O–H groups in total. The number of hydrogen-bond donors (Lipinski definition) is 3. The lowest BCUT2D eigenvalue weighted by molar-refractivity contribution is -0.130. The lowest BCUT2D eigenvalue weighted by atomic mass is 10.1. The van der Waals surface area contributed by atoms with E-state index in [2.05, 4.69) is 16.0 Å². The Morgan fingerprint density at radius 2 is 2.06 bits per heavy atom. The molecule has 0 aromatic carbocycles. The molecule has 3 unspecified atom stereocenters. The number of rotatable bonds is 5. The first-order valence-corrected chi connectivity index (χ1v) is 6.36. The highest BCUT2D eigenvalue weighted by Crippen LogP contribution is 2.07. The van der Waals surface area contributed by atoms with Crippen molar-refractivity contribution in [3.63, 3.8) is 0 Å². The highest BCUT2D eigenvalue weighted by atomic mass is 16.2. The van der Waals surface area contributed by atoms with Gasteiger partial charge in [0.15, 0.2) is 0 Å². The second-order valence-electron chi connectivity index (χ2n) is 4.74. The molecule has 2 amide bonds. The fourth-order valence-electron chi connectivity index (χ4n) is 1.75. The maximum Gasteiger partial charge on any atom is 0.242 e. The minimum atomic E-state index is -0.461. The molecule has 1 fully saturated rings. The van der Waals surface area contributed by atoms with Gasteiger partial charge in [-0.05, 0) is 33.2 Å². The summed E-state index contributed by atoms with van der Waals surface area (Å²) >= 11 is 0. The van der Waals surface area contributed by atoms with Crippen LogP contribution in [-0.2, 0) is 9.59 Å². The van der Waals surface area contributed by atoms with Gasteiger partial charge in [0.25, 0.3) is 0 Å². The molecule has 3 atom stereocenters. The fourth-order valence-corrected chi connectivity index (χ4v) is 1.75. The van der Waals surface area contributed by atoms with Crippen LogP contribution < -0.4 is 16.0 Å². The molecular weight excluding hydrogens is 218 g/mol. The molecule has 1 saturated heterocycles. The average Bonchev–Trinajstić information content (AvgIpc) is 2.82. The Labute approximate surface area is 103 Å². The van der Waals surface area contributed by atoms with E-state index < -0.39 is 6.04 Å². The molecule has 5 nitrogen and oxygen atoms in total. The summed E-state index contributed by atoms with van der Waals surface area (Å²) in [5.74, 6) is -0.130. The molecule has 1 aliphatic rings.